The van der Waals surface area contributed by atoms with Gasteiger partial charge in [-0.25, -0.2) is 4.99 Å². The molecule has 1 fully saturated rings. The van der Waals surface area contributed by atoms with E-state index in [0.717, 1.165) is 27.8 Å². The second-order valence-electron chi connectivity index (χ2n) is 8.39. The molecule has 0 radical (unpaired) electrons. The van der Waals surface area contributed by atoms with E-state index >= 15 is 0 Å². The zero-order valence-corrected chi connectivity index (χ0v) is 21.5. The third kappa shape index (κ3) is 4.17. The molecule has 0 atom stereocenters. The Hall–Kier alpha value is -2.96. The molecule has 0 saturated carbocycles. The van der Waals surface area contributed by atoms with Gasteiger partial charge in [0.15, 0.2) is 5.17 Å². The highest BCUT2D eigenvalue weighted by Gasteiger charge is 2.32. The van der Waals surface area contributed by atoms with Crippen molar-refractivity contribution in [2.24, 2.45) is 4.99 Å². The van der Waals surface area contributed by atoms with E-state index in [2.05, 4.69) is 68.1 Å². The maximum absolute atomic E-state index is 13.1. The van der Waals surface area contributed by atoms with Gasteiger partial charge in [0.25, 0.3) is 5.91 Å². The lowest BCUT2D eigenvalue weighted by Gasteiger charge is -2.18. The molecule has 1 amide bonds. The fourth-order valence-corrected chi connectivity index (χ4v) is 6.56. The largest absolute Gasteiger partial charge is 0.335 e. The van der Waals surface area contributed by atoms with E-state index in [1.807, 2.05) is 31.2 Å². The molecule has 3 aromatic rings. The average molecular weight is 486 g/mol. The molecule has 0 unspecified atom stereocenters. The second kappa shape index (κ2) is 9.35. The Morgan fingerprint density at radius 2 is 1.65 bits per heavy atom. The van der Waals surface area contributed by atoms with Crippen LogP contribution in [0.1, 0.15) is 25.0 Å². The molecule has 3 aromatic carbocycles. The fraction of sp³-hybridized carbons (Fsp3) is 0.214. The van der Waals surface area contributed by atoms with Crippen molar-refractivity contribution >= 4 is 56.7 Å². The molecule has 172 valence electrons. The predicted molar refractivity (Wildman–Crippen MR) is 147 cm³/mol. The van der Waals surface area contributed by atoms with E-state index in [0.29, 0.717) is 11.4 Å². The summed E-state index contributed by atoms with van der Waals surface area (Å²) in [6.45, 7) is 9.93. The standard InChI is InChI=1S/C28H27N3OS2/c1-5-30-23-16-18(3)15-19(4)26(23)34-25(30)14-13-24-27(32)31(6-2)28(33-24)29-22-12-11-20-9-7-8-10-21(20)17-22/h7-17H,5-6H2,1-4H3/b24-13-,25-14+,29-28?. The summed E-state index contributed by atoms with van der Waals surface area (Å²) in [6, 6.07) is 18.9. The van der Waals surface area contributed by atoms with Gasteiger partial charge in [0.2, 0.25) is 0 Å². The first kappa shape index (κ1) is 22.8. The molecular formula is C28H27N3OS2. The molecule has 34 heavy (non-hydrogen) atoms. The number of likely N-dealkylation sites (N-methyl/N-ethyl adjacent to an activating group) is 1. The molecule has 6 heteroatoms. The highest BCUT2D eigenvalue weighted by Crippen LogP contribution is 2.48. The second-order valence-corrected chi connectivity index (χ2v) is 10.4. The van der Waals surface area contributed by atoms with Crippen molar-refractivity contribution in [3.05, 3.63) is 87.8 Å². The molecule has 5 rings (SSSR count). The lowest BCUT2D eigenvalue weighted by atomic mass is 10.1. The van der Waals surface area contributed by atoms with Crippen LogP contribution in [0, 0.1) is 13.8 Å². The molecule has 2 aliphatic heterocycles. The summed E-state index contributed by atoms with van der Waals surface area (Å²) in [5.74, 6) is 0.0134. The molecule has 2 heterocycles. The quantitative estimate of drug-likeness (QED) is 0.361. The Morgan fingerprint density at radius 3 is 2.41 bits per heavy atom. The first-order valence-corrected chi connectivity index (χ1v) is 13.2. The Balaban J connectivity index is 1.45. The molecule has 0 spiro atoms. The number of fused-ring (bicyclic) bond motifs is 2. The summed E-state index contributed by atoms with van der Waals surface area (Å²) in [7, 11) is 0. The zero-order chi connectivity index (χ0) is 23.8. The summed E-state index contributed by atoms with van der Waals surface area (Å²) in [5.41, 5.74) is 4.68. The van der Waals surface area contributed by atoms with Gasteiger partial charge in [0.1, 0.15) is 0 Å². The minimum Gasteiger partial charge on any atom is -0.335 e. The van der Waals surface area contributed by atoms with Gasteiger partial charge in [-0.3, -0.25) is 9.69 Å². The molecule has 0 bridgehead atoms. The normalized spacial score (nSPS) is 19.3. The number of amidine groups is 1. The van der Waals surface area contributed by atoms with E-state index in [1.54, 1.807) is 16.7 Å². The lowest BCUT2D eigenvalue weighted by Crippen LogP contribution is -2.28. The van der Waals surface area contributed by atoms with E-state index in [1.165, 1.54) is 38.9 Å². The molecule has 2 aliphatic rings. The Bertz CT molecular complexity index is 1390. The number of allylic oxidation sites excluding steroid dienone is 2. The molecule has 1 saturated heterocycles. The van der Waals surface area contributed by atoms with Crippen molar-refractivity contribution in [3.63, 3.8) is 0 Å². The van der Waals surface area contributed by atoms with Gasteiger partial charge in [0, 0.05) is 18.0 Å². The van der Waals surface area contributed by atoms with Gasteiger partial charge in [0.05, 0.1) is 21.3 Å². The first-order valence-electron chi connectivity index (χ1n) is 11.5. The van der Waals surface area contributed by atoms with Gasteiger partial charge in [-0.2, -0.15) is 0 Å². The van der Waals surface area contributed by atoms with Crippen molar-refractivity contribution < 1.29 is 4.79 Å². The fourth-order valence-electron chi connectivity index (χ4n) is 4.38. The van der Waals surface area contributed by atoms with Crippen LogP contribution in [-0.2, 0) is 4.79 Å². The van der Waals surface area contributed by atoms with Gasteiger partial charge in [-0.15, -0.1) is 0 Å². The maximum Gasteiger partial charge on any atom is 0.266 e. The van der Waals surface area contributed by atoms with Crippen molar-refractivity contribution in [3.8, 4) is 0 Å². The first-order chi connectivity index (χ1) is 16.5. The van der Waals surface area contributed by atoms with Gasteiger partial charge in [-0.05, 0) is 91.7 Å². The summed E-state index contributed by atoms with van der Waals surface area (Å²) in [5, 5.41) is 4.20. The summed E-state index contributed by atoms with van der Waals surface area (Å²) < 4.78 is 0. The number of aliphatic imine (C=N–C) groups is 1. The minimum absolute atomic E-state index is 0.0134. The Morgan fingerprint density at radius 1 is 0.882 bits per heavy atom. The Labute approximate surface area is 209 Å². The number of anilines is 1. The van der Waals surface area contributed by atoms with Gasteiger partial charge < -0.3 is 4.90 Å². The van der Waals surface area contributed by atoms with Crippen LogP contribution < -0.4 is 4.90 Å². The van der Waals surface area contributed by atoms with Crippen molar-refractivity contribution in [1.82, 2.24) is 4.90 Å². The monoisotopic (exact) mass is 485 g/mol. The predicted octanol–water partition coefficient (Wildman–Crippen LogP) is 7.40. The summed E-state index contributed by atoms with van der Waals surface area (Å²) in [6.07, 6.45) is 4.04. The van der Waals surface area contributed by atoms with E-state index in [4.69, 9.17) is 4.99 Å². The number of nitrogens with zero attached hydrogens (tertiary/aromatic N) is 3. The van der Waals surface area contributed by atoms with Crippen LogP contribution in [0.4, 0.5) is 11.4 Å². The molecule has 4 nitrogen and oxygen atoms in total. The van der Waals surface area contributed by atoms with E-state index < -0.39 is 0 Å². The van der Waals surface area contributed by atoms with Crippen molar-refractivity contribution in [2.75, 3.05) is 18.0 Å². The van der Waals surface area contributed by atoms with Crippen LogP contribution in [0.5, 0.6) is 0 Å². The SMILES string of the molecule is CCN1C(=O)/C(=C/C=C2/Sc3c(C)cc(C)cc3N2CC)SC1=Nc1ccc2ccccc2c1. The van der Waals surface area contributed by atoms with Crippen LogP contribution in [0.15, 0.2) is 86.6 Å². The van der Waals surface area contributed by atoms with Crippen LogP contribution in [-0.4, -0.2) is 29.1 Å². The lowest BCUT2D eigenvalue weighted by molar-refractivity contribution is -0.122. The van der Waals surface area contributed by atoms with Crippen molar-refractivity contribution in [1.29, 1.82) is 0 Å². The van der Waals surface area contributed by atoms with Crippen LogP contribution in [0.3, 0.4) is 0 Å². The van der Waals surface area contributed by atoms with Crippen LogP contribution in [0.2, 0.25) is 0 Å². The number of amides is 1. The molecular weight excluding hydrogens is 458 g/mol. The topological polar surface area (TPSA) is 35.9 Å². The maximum atomic E-state index is 13.1. The third-order valence-electron chi connectivity index (χ3n) is 6.02. The van der Waals surface area contributed by atoms with Gasteiger partial charge >= 0.3 is 0 Å². The summed E-state index contributed by atoms with van der Waals surface area (Å²) in [4.78, 5) is 24.0. The van der Waals surface area contributed by atoms with Crippen LogP contribution >= 0.6 is 23.5 Å². The number of carbonyl (C=O) groups excluding carboxylic acids is 1. The molecule has 0 aliphatic carbocycles. The third-order valence-corrected chi connectivity index (χ3v) is 8.34. The zero-order valence-electron chi connectivity index (χ0n) is 19.8. The molecule has 0 aromatic heterocycles. The van der Waals surface area contributed by atoms with Crippen LogP contribution in [0.25, 0.3) is 10.8 Å². The highest BCUT2D eigenvalue weighted by molar-refractivity contribution is 8.18. The van der Waals surface area contributed by atoms with Crippen molar-refractivity contribution in [2.45, 2.75) is 32.6 Å². The van der Waals surface area contributed by atoms with E-state index in [-0.39, 0.29) is 5.91 Å². The number of hydrogen-bond donors (Lipinski definition) is 0. The van der Waals surface area contributed by atoms with Gasteiger partial charge in [-0.1, -0.05) is 48.2 Å². The number of thioether (sulfide) groups is 2. The number of benzene rings is 3. The Kier molecular flexibility index (Phi) is 6.28. The molecule has 0 N–H and O–H groups in total. The number of hydrogen-bond acceptors (Lipinski definition) is 5. The average Bonchev–Trinajstić information content (AvgIpc) is 3.33. The number of carbonyl (C=O) groups is 1. The smallest absolute Gasteiger partial charge is 0.266 e. The van der Waals surface area contributed by atoms with E-state index in [9.17, 15) is 4.79 Å². The summed E-state index contributed by atoms with van der Waals surface area (Å²) >= 11 is 3.23. The highest BCUT2D eigenvalue weighted by atomic mass is 32.2. The number of aryl methyl sites for hydroxylation is 2. The number of rotatable bonds is 4. The minimum atomic E-state index is 0.0134.